The Balaban J connectivity index is 2.02. The first kappa shape index (κ1) is 54.4. The summed E-state index contributed by atoms with van der Waals surface area (Å²) in [4.78, 5) is 34.3. The third kappa shape index (κ3) is 11.2. The Labute approximate surface area is 413 Å². The highest BCUT2D eigenvalue weighted by Crippen LogP contribution is 2.51. The van der Waals surface area contributed by atoms with Crippen LogP contribution in [-0.2, 0) is 31.2 Å². The van der Waals surface area contributed by atoms with Crippen LogP contribution in [0.25, 0.3) is 0 Å². The molecule has 0 aliphatic heterocycles. The molecule has 0 fully saturated rings. The van der Waals surface area contributed by atoms with Gasteiger partial charge in [0.25, 0.3) is 0 Å². The zero-order valence-electron chi connectivity index (χ0n) is 46.8. The Kier molecular flexibility index (Phi) is 14.2. The van der Waals surface area contributed by atoms with Crippen LogP contribution in [-0.4, -0.2) is 26.8 Å². The number of aromatic nitrogens is 1. The van der Waals surface area contributed by atoms with Crippen LogP contribution in [0.5, 0.6) is 11.5 Å². The molecule has 1 heterocycles. The third-order valence-corrected chi connectivity index (χ3v) is 14.1. The topological polar surface area (TPSA) is 87.5 Å². The van der Waals surface area contributed by atoms with Gasteiger partial charge in [0, 0.05) is 58.4 Å². The predicted molar refractivity (Wildman–Crippen MR) is 286 cm³/mol. The van der Waals surface area contributed by atoms with E-state index in [1.165, 1.54) is 0 Å². The van der Waals surface area contributed by atoms with E-state index in [-0.39, 0.29) is 56.9 Å². The van der Waals surface area contributed by atoms with Gasteiger partial charge >= 0.3 is 0 Å². The highest BCUT2D eigenvalue weighted by molar-refractivity contribution is 6.11. The fraction of sp³-hybridized carbons (Fsp3) is 0.571. The van der Waals surface area contributed by atoms with Gasteiger partial charge in [-0.25, -0.2) is 0 Å². The number of pyridine rings is 1. The molecule has 1 aromatic heterocycles. The Morgan fingerprint density at radius 3 is 0.765 bits per heavy atom. The van der Waals surface area contributed by atoms with Crippen molar-refractivity contribution in [2.75, 3.05) is 0 Å². The summed E-state index contributed by atoms with van der Waals surface area (Å²) < 4.78 is 0. The van der Waals surface area contributed by atoms with Crippen molar-refractivity contribution in [3.8, 4) is 11.5 Å². The summed E-state index contributed by atoms with van der Waals surface area (Å²) in [5, 5.41) is 24.2. The molecule has 2 atom stereocenters. The van der Waals surface area contributed by atoms with E-state index >= 15 is 0 Å². The first-order valence-electron chi connectivity index (χ1n) is 25.1. The quantitative estimate of drug-likeness (QED) is 0.257. The van der Waals surface area contributed by atoms with Crippen molar-refractivity contribution in [3.63, 3.8) is 0 Å². The molecule has 2 unspecified atom stereocenters. The van der Waals surface area contributed by atoms with Gasteiger partial charge in [-0.1, -0.05) is 221 Å². The minimum absolute atomic E-state index is 0.0924. The summed E-state index contributed by atoms with van der Waals surface area (Å²) >= 11 is 0. The fourth-order valence-corrected chi connectivity index (χ4v) is 10.3. The van der Waals surface area contributed by atoms with Crippen molar-refractivity contribution in [1.29, 1.82) is 0 Å². The number of hydrogen-bond donors (Lipinski definition) is 2. The predicted octanol–water partition coefficient (Wildman–Crippen LogP) is 16.2. The molecule has 2 N–H and O–H groups in total. The summed E-state index contributed by atoms with van der Waals surface area (Å²) in [6.07, 6.45) is 12.8. The van der Waals surface area contributed by atoms with Crippen LogP contribution in [0, 0.1) is 33.5 Å². The standard InChI is InChI=1S/C63H89NO4/c1-56(2,3)42-26-36(27-43(52(42)65)57(4,5)6)50(37-28-44(58(7,8)9)53(66)45(29-37)59(10,11)12)40-25-41(35-64-34-40)51(38-30-46(60(13,14)15)54(67)47(31-38)61(16,17)18)39-32-48(62(19,20)21)55(68)49(33-39)63(22,23)24/h25-36,38,50-51,66,68H,1-24H3. The molecule has 68 heavy (non-hydrogen) atoms. The highest BCUT2D eigenvalue weighted by atomic mass is 16.3. The van der Waals surface area contributed by atoms with Crippen molar-refractivity contribution in [2.45, 2.75) is 200 Å². The molecule has 5 nitrogen and oxygen atoms in total. The number of carbonyl (C=O) groups is 2. The van der Waals surface area contributed by atoms with Gasteiger partial charge in [0.2, 0.25) is 0 Å². The Morgan fingerprint density at radius 2 is 0.574 bits per heavy atom. The average molecular weight is 924 g/mol. The normalized spacial score (nSPS) is 17.7. The molecule has 0 saturated heterocycles. The van der Waals surface area contributed by atoms with E-state index < -0.39 is 21.7 Å². The molecule has 5 rings (SSSR count). The molecule has 2 aliphatic carbocycles. The zero-order chi connectivity index (χ0) is 52.0. The van der Waals surface area contributed by atoms with Crippen molar-refractivity contribution in [1.82, 2.24) is 4.98 Å². The van der Waals surface area contributed by atoms with Gasteiger partial charge in [-0.05, 0) is 87.8 Å². The number of phenolic OH excluding ortho intramolecular Hbond substituents is 2. The number of ketones is 2. The van der Waals surface area contributed by atoms with E-state index in [0.29, 0.717) is 11.5 Å². The number of Topliss-reactive ketones (excluding diaryl/α,β-unsaturated/α-hetero) is 2. The minimum atomic E-state index is -0.418. The first-order chi connectivity index (χ1) is 30.5. The second-order valence-electron chi connectivity index (χ2n) is 28.6. The van der Waals surface area contributed by atoms with Crippen LogP contribution in [0.2, 0.25) is 0 Å². The van der Waals surface area contributed by atoms with Crippen LogP contribution >= 0.6 is 0 Å². The smallest absolute Gasteiger partial charge is 0.185 e. The summed E-state index contributed by atoms with van der Waals surface area (Å²) in [6, 6.07) is 11.1. The number of aromatic hydroxyl groups is 2. The first-order valence-corrected chi connectivity index (χ1v) is 25.1. The maximum atomic E-state index is 14.6. The van der Waals surface area contributed by atoms with Crippen molar-refractivity contribution < 1.29 is 19.8 Å². The maximum absolute atomic E-state index is 14.6. The van der Waals surface area contributed by atoms with Crippen LogP contribution in [0.15, 0.2) is 89.3 Å². The van der Waals surface area contributed by atoms with Gasteiger partial charge in [-0.15, -0.1) is 0 Å². The summed E-state index contributed by atoms with van der Waals surface area (Å²) in [6.45, 7) is 51.3. The Hall–Kier alpha value is -4.51. The minimum Gasteiger partial charge on any atom is -0.507 e. The number of hydrogen-bond acceptors (Lipinski definition) is 5. The second-order valence-corrected chi connectivity index (χ2v) is 28.6. The van der Waals surface area contributed by atoms with E-state index in [1.807, 2.05) is 12.4 Å². The second kappa shape index (κ2) is 17.7. The third-order valence-electron chi connectivity index (χ3n) is 14.1. The molecule has 2 aliphatic rings. The number of allylic oxidation sites excluding steroid dienone is 8. The van der Waals surface area contributed by atoms with E-state index in [4.69, 9.17) is 4.98 Å². The number of phenols is 2. The SMILES string of the molecule is CC(C)(C)C1=CC(C(c2cncc(C(c3cc(C(C)(C)C)c(O)c(C(C)(C)C)c3)C3C=C(C(C)(C)C)C(=O)C(C(C)(C)C)=C3)c2)c2cc(C(C)(C)C)c(O)c(C(C)(C)C)c2)C=C(C(C)(C)C)C1=O. The highest BCUT2D eigenvalue weighted by Gasteiger charge is 2.42. The van der Waals surface area contributed by atoms with Gasteiger partial charge in [-0.3, -0.25) is 14.6 Å². The molecule has 2 aromatic carbocycles. The number of rotatable bonds is 6. The summed E-state index contributed by atoms with van der Waals surface area (Å²) in [5.74, 6) is -0.265. The lowest BCUT2D eigenvalue weighted by molar-refractivity contribution is -0.115. The summed E-state index contributed by atoms with van der Waals surface area (Å²) in [7, 11) is 0. The fourth-order valence-electron chi connectivity index (χ4n) is 10.3. The monoisotopic (exact) mass is 924 g/mol. The molecule has 0 radical (unpaired) electrons. The Morgan fingerprint density at radius 1 is 0.353 bits per heavy atom. The molecular formula is C63H89NO4. The van der Waals surface area contributed by atoms with Crippen molar-refractivity contribution >= 4 is 11.6 Å². The lowest BCUT2D eigenvalue weighted by atomic mass is 9.65. The van der Waals surface area contributed by atoms with Crippen molar-refractivity contribution in [2.24, 2.45) is 33.5 Å². The van der Waals surface area contributed by atoms with E-state index in [2.05, 4.69) is 221 Å². The summed E-state index contributed by atoms with van der Waals surface area (Å²) in [5.41, 5.74) is 7.58. The zero-order valence-corrected chi connectivity index (χ0v) is 46.8. The van der Waals surface area contributed by atoms with Crippen LogP contribution < -0.4 is 0 Å². The molecule has 0 amide bonds. The molecule has 5 heteroatoms. The maximum Gasteiger partial charge on any atom is 0.185 e. The van der Waals surface area contributed by atoms with Gasteiger partial charge in [-0.2, -0.15) is 0 Å². The largest absolute Gasteiger partial charge is 0.507 e. The lowest BCUT2D eigenvalue weighted by Crippen LogP contribution is -2.31. The van der Waals surface area contributed by atoms with Gasteiger partial charge in [0.05, 0.1) is 0 Å². The van der Waals surface area contributed by atoms with Gasteiger partial charge in [0.1, 0.15) is 11.5 Å². The molecule has 3 aromatic rings. The molecule has 370 valence electrons. The van der Waals surface area contributed by atoms with E-state index in [1.54, 1.807) is 0 Å². The average Bonchev–Trinajstić information content (AvgIpc) is 3.13. The number of benzene rings is 2. The van der Waals surface area contributed by atoms with Crippen LogP contribution in [0.1, 0.15) is 223 Å². The van der Waals surface area contributed by atoms with Crippen LogP contribution in [0.3, 0.4) is 0 Å². The van der Waals surface area contributed by atoms with E-state index in [9.17, 15) is 19.8 Å². The lowest BCUT2D eigenvalue weighted by Gasteiger charge is -2.38. The Bertz CT molecular complexity index is 2270. The van der Waals surface area contributed by atoms with Crippen LogP contribution in [0.4, 0.5) is 0 Å². The molecule has 0 saturated carbocycles. The molecule has 0 spiro atoms. The van der Waals surface area contributed by atoms with Gasteiger partial charge < -0.3 is 10.2 Å². The molecular weight excluding hydrogens is 835 g/mol. The number of carbonyl (C=O) groups excluding carboxylic acids is 2. The van der Waals surface area contributed by atoms with Crippen molar-refractivity contribution in [3.05, 3.63) is 134 Å². The van der Waals surface area contributed by atoms with Gasteiger partial charge in [0.15, 0.2) is 11.6 Å². The molecule has 0 bridgehead atoms. The van der Waals surface area contributed by atoms with E-state index in [0.717, 1.165) is 66.8 Å². The number of nitrogens with zero attached hydrogens (tertiary/aromatic N) is 1.